The quantitative estimate of drug-likeness (QED) is 0.613. The number of anilines is 1. The van der Waals surface area contributed by atoms with Crippen molar-refractivity contribution in [3.8, 4) is 17.6 Å². The third-order valence-electron chi connectivity index (χ3n) is 4.28. The van der Waals surface area contributed by atoms with Crippen molar-refractivity contribution in [2.45, 2.75) is 33.2 Å². The fraction of sp³-hybridized carbons (Fsp3) is 0.364. The van der Waals surface area contributed by atoms with Crippen LogP contribution < -0.4 is 20.1 Å². The fourth-order valence-electron chi connectivity index (χ4n) is 2.79. The van der Waals surface area contributed by atoms with Crippen LogP contribution in [0, 0.1) is 25.2 Å². The molecule has 0 atom stereocenters. The third kappa shape index (κ3) is 6.29. The number of hydrogen-bond acceptors (Lipinski definition) is 5. The highest BCUT2D eigenvalue weighted by atomic mass is 16.5. The van der Waals surface area contributed by atoms with Gasteiger partial charge in [-0.2, -0.15) is 5.26 Å². The molecule has 2 N–H and O–H groups in total. The largest absolute Gasteiger partial charge is 0.493 e. The highest BCUT2D eigenvalue weighted by Crippen LogP contribution is 2.28. The van der Waals surface area contributed by atoms with Crippen LogP contribution in [0.15, 0.2) is 36.4 Å². The van der Waals surface area contributed by atoms with Crippen LogP contribution in [0.5, 0.6) is 11.5 Å². The molecule has 0 aliphatic carbocycles. The van der Waals surface area contributed by atoms with Gasteiger partial charge in [0.2, 0.25) is 5.91 Å². The number of methoxy groups -OCH3 is 1. The van der Waals surface area contributed by atoms with Gasteiger partial charge in [-0.3, -0.25) is 4.79 Å². The lowest BCUT2D eigenvalue weighted by atomic mass is 10.1. The van der Waals surface area contributed by atoms with Crippen LogP contribution in [0.2, 0.25) is 0 Å². The van der Waals surface area contributed by atoms with E-state index in [0.717, 1.165) is 22.4 Å². The van der Waals surface area contributed by atoms with Crippen molar-refractivity contribution in [2.24, 2.45) is 0 Å². The molecule has 0 aliphatic rings. The molecule has 0 heterocycles. The number of benzene rings is 2. The van der Waals surface area contributed by atoms with Gasteiger partial charge in [-0.15, -0.1) is 0 Å². The van der Waals surface area contributed by atoms with Gasteiger partial charge in [0.15, 0.2) is 11.5 Å². The number of aryl methyl sites for hydroxylation is 2. The molecule has 0 aliphatic heterocycles. The number of amides is 1. The molecule has 0 fully saturated rings. The second-order valence-corrected chi connectivity index (χ2v) is 6.51. The van der Waals surface area contributed by atoms with Crippen molar-refractivity contribution in [2.75, 3.05) is 25.6 Å². The number of unbranched alkanes of at least 4 members (excludes halogenated alkanes) is 1. The van der Waals surface area contributed by atoms with E-state index in [1.165, 1.54) is 0 Å². The summed E-state index contributed by atoms with van der Waals surface area (Å²) >= 11 is 0. The number of carbonyl (C=O) groups excluding carboxylic acids is 1. The Hall–Kier alpha value is -3.04. The number of nitrogens with zero attached hydrogens (tertiary/aromatic N) is 1. The Balaban J connectivity index is 1.88. The van der Waals surface area contributed by atoms with Gasteiger partial charge in [0.1, 0.15) is 0 Å². The van der Waals surface area contributed by atoms with E-state index in [1.807, 2.05) is 50.2 Å². The summed E-state index contributed by atoms with van der Waals surface area (Å²) in [7, 11) is 1.59. The smallest absolute Gasteiger partial charge is 0.238 e. The average molecular weight is 381 g/mol. The lowest BCUT2D eigenvalue weighted by Gasteiger charge is -2.13. The SMILES string of the molecule is COc1ccc(CNCC(=O)Nc2c(C)cccc2C)cc1OCCCC#N. The van der Waals surface area contributed by atoms with Gasteiger partial charge in [-0.1, -0.05) is 24.3 Å². The molecule has 0 aromatic heterocycles. The summed E-state index contributed by atoms with van der Waals surface area (Å²) in [4.78, 5) is 12.2. The molecule has 1 amide bonds. The Morgan fingerprint density at radius 1 is 1.14 bits per heavy atom. The minimum Gasteiger partial charge on any atom is -0.493 e. The van der Waals surface area contributed by atoms with Gasteiger partial charge in [0, 0.05) is 18.7 Å². The average Bonchev–Trinajstić information content (AvgIpc) is 2.68. The van der Waals surface area contributed by atoms with Crippen molar-refractivity contribution in [3.05, 3.63) is 53.1 Å². The van der Waals surface area contributed by atoms with Crippen LogP contribution in [0.25, 0.3) is 0 Å². The van der Waals surface area contributed by atoms with E-state index in [2.05, 4.69) is 16.7 Å². The maximum atomic E-state index is 12.2. The molecule has 2 aromatic carbocycles. The van der Waals surface area contributed by atoms with Gasteiger partial charge >= 0.3 is 0 Å². The first-order valence-electron chi connectivity index (χ1n) is 9.28. The molecule has 0 spiro atoms. The zero-order valence-corrected chi connectivity index (χ0v) is 16.7. The molecule has 0 radical (unpaired) electrons. The van der Waals surface area contributed by atoms with E-state index in [1.54, 1.807) is 7.11 Å². The van der Waals surface area contributed by atoms with Crippen LogP contribution in [-0.2, 0) is 11.3 Å². The Morgan fingerprint density at radius 2 is 1.89 bits per heavy atom. The normalized spacial score (nSPS) is 10.2. The van der Waals surface area contributed by atoms with Crippen molar-refractivity contribution < 1.29 is 14.3 Å². The number of nitriles is 1. The first kappa shape index (κ1) is 21.3. The Morgan fingerprint density at radius 3 is 2.57 bits per heavy atom. The van der Waals surface area contributed by atoms with E-state index in [-0.39, 0.29) is 12.5 Å². The molecule has 0 saturated carbocycles. The number of carbonyl (C=O) groups is 1. The molecule has 0 unspecified atom stereocenters. The first-order chi connectivity index (χ1) is 13.5. The molecule has 0 saturated heterocycles. The second-order valence-electron chi connectivity index (χ2n) is 6.51. The first-order valence-corrected chi connectivity index (χ1v) is 9.28. The monoisotopic (exact) mass is 381 g/mol. The molecule has 2 rings (SSSR count). The van der Waals surface area contributed by atoms with Crippen molar-refractivity contribution in [1.29, 1.82) is 5.26 Å². The summed E-state index contributed by atoms with van der Waals surface area (Å²) in [5, 5.41) is 14.7. The van der Waals surface area contributed by atoms with Gasteiger partial charge in [0.25, 0.3) is 0 Å². The summed E-state index contributed by atoms with van der Waals surface area (Å²) < 4.78 is 11.0. The van der Waals surface area contributed by atoms with E-state index in [0.29, 0.717) is 37.5 Å². The topological polar surface area (TPSA) is 83.4 Å². The van der Waals surface area contributed by atoms with Crippen LogP contribution in [0.4, 0.5) is 5.69 Å². The van der Waals surface area contributed by atoms with Crippen molar-refractivity contribution in [3.63, 3.8) is 0 Å². The lowest BCUT2D eigenvalue weighted by molar-refractivity contribution is -0.115. The van der Waals surface area contributed by atoms with Crippen LogP contribution >= 0.6 is 0 Å². The summed E-state index contributed by atoms with van der Waals surface area (Å²) in [6.45, 7) is 5.15. The van der Waals surface area contributed by atoms with Crippen LogP contribution in [0.1, 0.15) is 29.5 Å². The fourth-order valence-corrected chi connectivity index (χ4v) is 2.79. The summed E-state index contributed by atoms with van der Waals surface area (Å²) in [5.41, 5.74) is 3.94. The second kappa shape index (κ2) is 11.0. The summed E-state index contributed by atoms with van der Waals surface area (Å²) in [5.74, 6) is 1.20. The molecule has 6 heteroatoms. The lowest BCUT2D eigenvalue weighted by Crippen LogP contribution is -2.28. The summed E-state index contributed by atoms with van der Waals surface area (Å²) in [6.07, 6.45) is 1.12. The Labute approximate surface area is 166 Å². The maximum absolute atomic E-state index is 12.2. The molecule has 2 aromatic rings. The van der Waals surface area contributed by atoms with E-state index in [9.17, 15) is 4.79 Å². The zero-order chi connectivity index (χ0) is 20.4. The van der Waals surface area contributed by atoms with Gasteiger partial charge in [-0.05, 0) is 49.1 Å². The molecule has 148 valence electrons. The standard InChI is InChI=1S/C22H27N3O3/c1-16-7-6-8-17(2)22(16)25-21(26)15-24-14-18-9-10-19(27-3)20(13-18)28-12-5-4-11-23/h6-10,13,24H,4-5,12,14-15H2,1-3H3,(H,25,26). The Kier molecular flexibility index (Phi) is 8.32. The van der Waals surface area contributed by atoms with E-state index < -0.39 is 0 Å². The van der Waals surface area contributed by atoms with Crippen LogP contribution in [0.3, 0.4) is 0 Å². The van der Waals surface area contributed by atoms with E-state index in [4.69, 9.17) is 14.7 Å². The van der Waals surface area contributed by atoms with Crippen LogP contribution in [-0.4, -0.2) is 26.2 Å². The van der Waals surface area contributed by atoms with Gasteiger partial charge in [0.05, 0.1) is 26.3 Å². The molecular formula is C22H27N3O3. The number of hydrogen-bond donors (Lipinski definition) is 2. The number of ether oxygens (including phenoxy) is 2. The predicted molar refractivity (Wildman–Crippen MR) is 110 cm³/mol. The Bertz CT molecular complexity index is 823. The van der Waals surface area contributed by atoms with Gasteiger partial charge in [-0.25, -0.2) is 0 Å². The third-order valence-corrected chi connectivity index (χ3v) is 4.28. The van der Waals surface area contributed by atoms with Gasteiger partial charge < -0.3 is 20.1 Å². The highest BCUT2D eigenvalue weighted by molar-refractivity contribution is 5.93. The van der Waals surface area contributed by atoms with Crippen molar-refractivity contribution in [1.82, 2.24) is 5.32 Å². The molecular weight excluding hydrogens is 354 g/mol. The summed E-state index contributed by atoms with van der Waals surface area (Å²) in [6, 6.07) is 13.7. The minimum absolute atomic E-state index is 0.0844. The number of rotatable bonds is 10. The molecule has 6 nitrogen and oxygen atoms in total. The number of para-hydroxylation sites is 1. The molecule has 0 bridgehead atoms. The predicted octanol–water partition coefficient (Wildman–Crippen LogP) is 3.72. The van der Waals surface area contributed by atoms with E-state index >= 15 is 0 Å². The number of nitrogens with one attached hydrogen (secondary N) is 2. The zero-order valence-electron chi connectivity index (χ0n) is 16.7. The van der Waals surface area contributed by atoms with Crippen molar-refractivity contribution >= 4 is 11.6 Å². The minimum atomic E-state index is -0.0844. The maximum Gasteiger partial charge on any atom is 0.238 e. The highest BCUT2D eigenvalue weighted by Gasteiger charge is 2.09. The molecule has 28 heavy (non-hydrogen) atoms.